The van der Waals surface area contributed by atoms with Gasteiger partial charge in [-0.05, 0) is 36.3 Å². The average molecular weight is 351 g/mol. The van der Waals surface area contributed by atoms with E-state index in [1.54, 1.807) is 11.4 Å². The number of carbonyl (C=O) groups is 1. The zero-order valence-electron chi connectivity index (χ0n) is 14.2. The van der Waals surface area contributed by atoms with E-state index in [2.05, 4.69) is 12.2 Å². The topological polar surface area (TPSA) is 69.7 Å². The Kier molecular flexibility index (Phi) is 4.94. The van der Waals surface area contributed by atoms with Gasteiger partial charge in [-0.15, -0.1) is 0 Å². The van der Waals surface area contributed by atoms with Crippen molar-refractivity contribution in [3.05, 3.63) is 35.4 Å². The maximum absolute atomic E-state index is 13.2. The van der Waals surface area contributed by atoms with Crippen LogP contribution in [0.4, 0.5) is 0 Å². The summed E-state index contributed by atoms with van der Waals surface area (Å²) in [7, 11) is -2.11. The number of hydrogen-bond acceptors (Lipinski definition) is 3. The van der Waals surface area contributed by atoms with Gasteiger partial charge in [0, 0.05) is 26.7 Å². The number of nitrogens with one attached hydrogen (secondary N) is 1. The number of nitrogens with zero attached hydrogens (tertiary/aromatic N) is 2. The highest BCUT2D eigenvalue weighted by Crippen LogP contribution is 2.29. The van der Waals surface area contributed by atoms with E-state index in [1.165, 1.54) is 4.31 Å². The third-order valence-electron chi connectivity index (χ3n) is 5.00. The number of carbonyl (C=O) groups excluding carboxylic acids is 1. The standard InChI is InChI=1S/C17H25N3O3S/c1-13-6-5-9-19(11-13)24(22,23)20-12-15-8-4-3-7-14(15)10-16(20)17(21)18-2/h3-4,7-8,13,16H,5-6,9-12H2,1-2H3,(H,18,21)/t13-,16+/m1/s1. The lowest BCUT2D eigenvalue weighted by molar-refractivity contribution is -0.124. The van der Waals surface area contributed by atoms with Crippen molar-refractivity contribution >= 4 is 16.1 Å². The molecule has 0 aliphatic carbocycles. The van der Waals surface area contributed by atoms with Crippen LogP contribution in [0.5, 0.6) is 0 Å². The molecule has 0 spiro atoms. The SMILES string of the molecule is CNC(=O)[C@@H]1Cc2ccccc2CN1S(=O)(=O)N1CCC[C@@H](C)C1. The molecule has 0 unspecified atom stereocenters. The fraction of sp³-hybridized carbons (Fsp3) is 0.588. The van der Waals surface area contributed by atoms with Gasteiger partial charge in [-0.2, -0.15) is 17.0 Å². The Balaban J connectivity index is 1.95. The lowest BCUT2D eigenvalue weighted by Crippen LogP contribution is -2.57. The highest BCUT2D eigenvalue weighted by atomic mass is 32.2. The van der Waals surface area contributed by atoms with Gasteiger partial charge in [-0.1, -0.05) is 31.2 Å². The Morgan fingerprint density at radius 2 is 1.96 bits per heavy atom. The van der Waals surface area contributed by atoms with E-state index in [-0.39, 0.29) is 12.5 Å². The van der Waals surface area contributed by atoms with Crippen LogP contribution in [-0.2, 0) is 28.0 Å². The third-order valence-corrected chi connectivity index (χ3v) is 6.96. The summed E-state index contributed by atoms with van der Waals surface area (Å²) in [5.74, 6) is 0.0992. The molecule has 6 nitrogen and oxygen atoms in total. The Morgan fingerprint density at radius 3 is 2.62 bits per heavy atom. The van der Waals surface area contributed by atoms with Crippen LogP contribution in [0, 0.1) is 5.92 Å². The maximum atomic E-state index is 13.2. The number of likely N-dealkylation sites (N-methyl/N-ethyl adjacent to an activating group) is 1. The number of fused-ring (bicyclic) bond motifs is 1. The first kappa shape index (κ1) is 17.4. The fourth-order valence-electron chi connectivity index (χ4n) is 3.64. The molecule has 0 bridgehead atoms. The summed E-state index contributed by atoms with van der Waals surface area (Å²) in [5, 5.41) is 2.62. The van der Waals surface area contributed by atoms with E-state index < -0.39 is 16.3 Å². The van der Waals surface area contributed by atoms with Gasteiger partial charge in [-0.25, -0.2) is 0 Å². The molecule has 7 heteroatoms. The molecule has 2 atom stereocenters. The highest BCUT2D eigenvalue weighted by molar-refractivity contribution is 7.86. The molecule has 3 rings (SSSR count). The Labute approximate surface area is 144 Å². The first-order valence-electron chi connectivity index (χ1n) is 8.48. The van der Waals surface area contributed by atoms with E-state index in [0.29, 0.717) is 25.4 Å². The number of hydrogen-bond donors (Lipinski definition) is 1. The van der Waals surface area contributed by atoms with Gasteiger partial charge < -0.3 is 5.32 Å². The van der Waals surface area contributed by atoms with E-state index >= 15 is 0 Å². The van der Waals surface area contributed by atoms with Crippen LogP contribution in [0.15, 0.2) is 24.3 Å². The quantitative estimate of drug-likeness (QED) is 0.888. The lowest BCUT2D eigenvalue weighted by Gasteiger charge is -2.39. The molecular weight excluding hydrogens is 326 g/mol. The molecular formula is C17H25N3O3S. The summed E-state index contributed by atoms with van der Waals surface area (Å²) >= 11 is 0. The minimum atomic E-state index is -3.66. The molecule has 2 heterocycles. The zero-order valence-corrected chi connectivity index (χ0v) is 15.1. The van der Waals surface area contributed by atoms with E-state index in [1.807, 2.05) is 24.3 Å². The summed E-state index contributed by atoms with van der Waals surface area (Å²) in [6.07, 6.45) is 2.33. The maximum Gasteiger partial charge on any atom is 0.283 e. The molecule has 2 aliphatic rings. The predicted molar refractivity (Wildman–Crippen MR) is 92.4 cm³/mol. The van der Waals surface area contributed by atoms with Crippen molar-refractivity contribution in [1.82, 2.24) is 13.9 Å². The summed E-state index contributed by atoms with van der Waals surface area (Å²) in [5.41, 5.74) is 2.02. The van der Waals surface area contributed by atoms with Crippen LogP contribution in [0.2, 0.25) is 0 Å². The molecule has 132 valence electrons. The van der Waals surface area contributed by atoms with Crippen molar-refractivity contribution in [3.8, 4) is 0 Å². The molecule has 1 saturated heterocycles. The first-order valence-corrected chi connectivity index (χ1v) is 9.88. The van der Waals surface area contributed by atoms with Gasteiger partial charge in [0.2, 0.25) is 5.91 Å². The second kappa shape index (κ2) is 6.82. The summed E-state index contributed by atoms with van der Waals surface area (Å²) in [6, 6.07) is 7.06. The van der Waals surface area contributed by atoms with Gasteiger partial charge in [0.25, 0.3) is 10.2 Å². The van der Waals surface area contributed by atoms with Gasteiger partial charge in [0.15, 0.2) is 0 Å². The first-order chi connectivity index (χ1) is 11.4. The van der Waals surface area contributed by atoms with Gasteiger partial charge in [-0.3, -0.25) is 4.79 Å². The van der Waals surface area contributed by atoms with Crippen molar-refractivity contribution in [2.24, 2.45) is 5.92 Å². The Bertz CT molecular complexity index is 720. The second-order valence-corrected chi connectivity index (χ2v) is 8.64. The van der Waals surface area contributed by atoms with Crippen LogP contribution >= 0.6 is 0 Å². The number of piperidine rings is 1. The smallest absolute Gasteiger partial charge is 0.283 e. The summed E-state index contributed by atoms with van der Waals surface area (Å²) in [6.45, 7) is 3.39. The largest absolute Gasteiger partial charge is 0.358 e. The minimum absolute atomic E-state index is 0.251. The van der Waals surface area contributed by atoms with Crippen LogP contribution in [0.3, 0.4) is 0 Å². The molecule has 1 aromatic rings. The van der Waals surface area contributed by atoms with Crippen molar-refractivity contribution in [2.45, 2.75) is 38.8 Å². The van der Waals surface area contributed by atoms with Crippen molar-refractivity contribution < 1.29 is 13.2 Å². The number of rotatable bonds is 3. The molecule has 1 N–H and O–H groups in total. The Morgan fingerprint density at radius 1 is 1.25 bits per heavy atom. The molecule has 1 fully saturated rings. The molecule has 24 heavy (non-hydrogen) atoms. The monoisotopic (exact) mass is 351 g/mol. The van der Waals surface area contributed by atoms with Crippen LogP contribution in [0.1, 0.15) is 30.9 Å². The van der Waals surface area contributed by atoms with E-state index in [0.717, 1.165) is 24.0 Å². The third kappa shape index (κ3) is 3.20. The summed E-state index contributed by atoms with van der Waals surface area (Å²) < 4.78 is 29.3. The van der Waals surface area contributed by atoms with Crippen molar-refractivity contribution in [3.63, 3.8) is 0 Å². The van der Waals surface area contributed by atoms with Crippen LogP contribution < -0.4 is 5.32 Å². The van der Waals surface area contributed by atoms with Crippen molar-refractivity contribution in [1.29, 1.82) is 0 Å². The minimum Gasteiger partial charge on any atom is -0.358 e. The van der Waals surface area contributed by atoms with Crippen LogP contribution in [0.25, 0.3) is 0 Å². The number of amides is 1. The fourth-order valence-corrected chi connectivity index (χ4v) is 5.53. The van der Waals surface area contributed by atoms with Gasteiger partial charge in [0.05, 0.1) is 0 Å². The van der Waals surface area contributed by atoms with Gasteiger partial charge in [0.1, 0.15) is 6.04 Å². The molecule has 1 amide bonds. The van der Waals surface area contributed by atoms with Crippen LogP contribution in [-0.4, -0.2) is 49.1 Å². The van der Waals surface area contributed by atoms with Crippen molar-refractivity contribution in [2.75, 3.05) is 20.1 Å². The molecule has 1 aromatic carbocycles. The average Bonchev–Trinajstić information content (AvgIpc) is 2.60. The van der Waals surface area contributed by atoms with Gasteiger partial charge >= 0.3 is 0 Å². The predicted octanol–water partition coefficient (Wildman–Crippen LogP) is 1.14. The normalized spacial score (nSPS) is 25.9. The highest BCUT2D eigenvalue weighted by Gasteiger charge is 2.42. The second-order valence-electron chi connectivity index (χ2n) is 6.76. The molecule has 2 aliphatic heterocycles. The molecule has 0 aromatic heterocycles. The number of benzene rings is 1. The van der Waals surface area contributed by atoms with E-state index in [4.69, 9.17) is 0 Å². The zero-order chi connectivity index (χ0) is 17.3. The van der Waals surface area contributed by atoms with E-state index in [9.17, 15) is 13.2 Å². The molecule has 0 saturated carbocycles. The Hall–Kier alpha value is -1.44. The summed E-state index contributed by atoms with van der Waals surface area (Å²) in [4.78, 5) is 12.3. The lowest BCUT2D eigenvalue weighted by atomic mass is 9.95. The molecule has 0 radical (unpaired) electrons.